The van der Waals surface area contributed by atoms with Crippen molar-refractivity contribution in [1.82, 2.24) is 4.98 Å². The Hall–Kier alpha value is -1.68. The van der Waals surface area contributed by atoms with Crippen molar-refractivity contribution in [2.45, 2.75) is 13.0 Å². The van der Waals surface area contributed by atoms with Gasteiger partial charge in [-0.05, 0) is 17.7 Å². The molecular formula is C7H8F2N4. The van der Waals surface area contributed by atoms with Gasteiger partial charge in [0, 0.05) is 26.0 Å². The van der Waals surface area contributed by atoms with E-state index in [9.17, 15) is 0 Å². The average molecular weight is 186 g/mol. The third kappa shape index (κ3) is 4.03. The molecule has 0 saturated heterocycles. The van der Waals surface area contributed by atoms with E-state index < -0.39 is 0 Å². The molecule has 1 rings (SSSR count). The van der Waals surface area contributed by atoms with Crippen LogP contribution >= 0.6 is 0 Å². The minimum Gasteiger partial charge on any atom is -0.261 e. The zero-order valence-corrected chi connectivity index (χ0v) is 6.93. The monoisotopic (exact) mass is 186 g/mol. The molecule has 70 valence electrons. The predicted molar refractivity (Wildman–Crippen MR) is 44.0 cm³/mol. The first-order valence-corrected chi connectivity index (χ1v) is 3.44. The van der Waals surface area contributed by atoms with Gasteiger partial charge >= 0.3 is 0 Å². The fourth-order valence-corrected chi connectivity index (χ4v) is 0.760. The van der Waals surface area contributed by atoms with E-state index in [1.54, 1.807) is 6.20 Å². The lowest BCUT2D eigenvalue weighted by Crippen LogP contribution is -1.90. The zero-order chi connectivity index (χ0) is 10.1. The molecule has 0 aliphatic heterocycles. The van der Waals surface area contributed by atoms with Crippen LogP contribution in [0.25, 0.3) is 10.4 Å². The summed E-state index contributed by atoms with van der Waals surface area (Å²) in [5.74, 6) is 0. The lowest BCUT2D eigenvalue weighted by atomic mass is 10.2. The number of halogens is 2. The lowest BCUT2D eigenvalue weighted by Gasteiger charge is -2.00. The van der Waals surface area contributed by atoms with Gasteiger partial charge in [0.05, 0.1) is 6.04 Å². The van der Waals surface area contributed by atoms with E-state index in [0.29, 0.717) is 0 Å². The molecule has 0 radical (unpaired) electrons. The molecule has 1 aromatic rings. The van der Waals surface area contributed by atoms with Gasteiger partial charge in [-0.15, -0.1) is 0 Å². The summed E-state index contributed by atoms with van der Waals surface area (Å²) < 4.78 is 16.0. The Balaban J connectivity index is 0.000000671. The minimum absolute atomic E-state index is 0.179. The maximum Gasteiger partial charge on any atom is 0.0769 e. The number of azide groups is 1. The molecule has 0 bridgehead atoms. The van der Waals surface area contributed by atoms with Crippen LogP contribution < -0.4 is 0 Å². The molecule has 1 heterocycles. The van der Waals surface area contributed by atoms with Gasteiger partial charge in [0.2, 0.25) is 0 Å². The summed E-state index contributed by atoms with van der Waals surface area (Å²) in [6.07, 6.45) is 1.68. The Labute approximate surface area is 73.7 Å². The Morgan fingerprint density at radius 2 is 2.23 bits per heavy atom. The fourth-order valence-electron chi connectivity index (χ4n) is 0.760. The van der Waals surface area contributed by atoms with Crippen LogP contribution in [0.15, 0.2) is 29.5 Å². The van der Waals surface area contributed by atoms with Gasteiger partial charge in [-0.25, -0.2) is 0 Å². The molecular weight excluding hydrogens is 178 g/mol. The van der Waals surface area contributed by atoms with Crippen molar-refractivity contribution in [1.29, 1.82) is 0 Å². The highest BCUT2D eigenvalue weighted by molar-refractivity contribution is 5.07. The van der Waals surface area contributed by atoms with Crippen LogP contribution in [-0.2, 0) is 0 Å². The topological polar surface area (TPSA) is 61.7 Å². The van der Waals surface area contributed by atoms with Crippen LogP contribution in [0.3, 0.4) is 0 Å². The van der Waals surface area contributed by atoms with Gasteiger partial charge in [0.15, 0.2) is 0 Å². The first kappa shape index (κ1) is 11.3. The second-order valence-electron chi connectivity index (χ2n) is 2.14. The average Bonchev–Trinajstić information content (AvgIpc) is 2.23. The summed E-state index contributed by atoms with van der Waals surface area (Å²) >= 11 is 0. The van der Waals surface area contributed by atoms with Crippen LogP contribution in [0.2, 0.25) is 0 Å². The second-order valence-corrected chi connectivity index (χ2v) is 2.14. The quantitative estimate of drug-likeness (QED) is 0.397. The summed E-state index contributed by atoms with van der Waals surface area (Å²) in [4.78, 5) is 6.73. The van der Waals surface area contributed by atoms with Crippen LogP contribution in [0, 0.1) is 0 Å². The molecule has 13 heavy (non-hydrogen) atoms. The first-order chi connectivity index (χ1) is 6.34. The molecule has 1 aromatic heterocycles. The van der Waals surface area contributed by atoms with Gasteiger partial charge < -0.3 is 0 Å². The lowest BCUT2D eigenvalue weighted by molar-refractivity contribution is 0.108. The highest BCUT2D eigenvalue weighted by atomic mass is 20.0. The van der Waals surface area contributed by atoms with Crippen molar-refractivity contribution in [3.8, 4) is 0 Å². The zero-order valence-electron chi connectivity index (χ0n) is 6.93. The Kier molecular flexibility index (Phi) is 6.09. The van der Waals surface area contributed by atoms with Crippen LogP contribution in [0.4, 0.5) is 9.15 Å². The van der Waals surface area contributed by atoms with Crippen LogP contribution in [-0.4, -0.2) is 4.98 Å². The van der Waals surface area contributed by atoms with Gasteiger partial charge in [-0.3, -0.25) is 4.98 Å². The second kappa shape index (κ2) is 7.00. The van der Waals surface area contributed by atoms with Gasteiger partial charge in [-0.1, -0.05) is 18.1 Å². The third-order valence-electron chi connectivity index (χ3n) is 1.34. The van der Waals surface area contributed by atoms with Gasteiger partial charge in [0.1, 0.15) is 0 Å². The Bertz CT molecular complexity index is 271. The van der Waals surface area contributed by atoms with E-state index >= 15 is 0 Å². The molecule has 0 fully saturated rings. The van der Waals surface area contributed by atoms with E-state index in [4.69, 9.17) is 14.7 Å². The highest BCUT2D eigenvalue weighted by Crippen LogP contribution is 2.12. The van der Waals surface area contributed by atoms with Gasteiger partial charge in [0.25, 0.3) is 0 Å². The van der Waals surface area contributed by atoms with E-state index in [-0.39, 0.29) is 6.04 Å². The van der Waals surface area contributed by atoms with Crippen molar-refractivity contribution in [3.63, 3.8) is 0 Å². The molecule has 6 heteroatoms. The summed E-state index contributed by atoms with van der Waals surface area (Å²) in [5.41, 5.74) is 8.93. The Morgan fingerprint density at radius 1 is 1.54 bits per heavy atom. The summed E-state index contributed by atoms with van der Waals surface area (Å²) in [7, 11) is 0. The summed E-state index contributed by atoms with van der Waals surface area (Å²) in [6.45, 7) is 1.81. The number of pyridine rings is 1. The van der Waals surface area contributed by atoms with Crippen LogP contribution in [0.5, 0.6) is 0 Å². The largest absolute Gasteiger partial charge is 0.261 e. The third-order valence-corrected chi connectivity index (χ3v) is 1.34. The molecule has 1 atom stereocenters. The predicted octanol–water partition coefficient (Wildman–Crippen LogP) is 3.29. The SMILES string of the molecule is CC(N=[N+]=[N-])c1ccccn1.FF. The molecule has 0 amide bonds. The maximum atomic E-state index is 8.13. The van der Waals surface area contributed by atoms with E-state index in [0.717, 1.165) is 5.69 Å². The van der Waals surface area contributed by atoms with E-state index in [1.807, 2.05) is 25.1 Å². The maximum absolute atomic E-state index is 8.13. The molecule has 1 unspecified atom stereocenters. The van der Waals surface area contributed by atoms with Crippen molar-refractivity contribution in [2.24, 2.45) is 5.11 Å². The number of hydrogen-bond donors (Lipinski definition) is 0. The standard InChI is InChI=1S/C7H8N4.F2/c1-6(10-11-8)7-4-2-3-5-9-7;1-2/h2-6H,1H3;. The smallest absolute Gasteiger partial charge is 0.0769 e. The Morgan fingerprint density at radius 3 is 2.69 bits per heavy atom. The number of nitrogens with zero attached hydrogens (tertiary/aromatic N) is 4. The number of aromatic nitrogens is 1. The van der Waals surface area contributed by atoms with Crippen molar-refractivity contribution >= 4 is 0 Å². The van der Waals surface area contributed by atoms with Crippen molar-refractivity contribution < 1.29 is 9.15 Å². The van der Waals surface area contributed by atoms with E-state index in [2.05, 4.69) is 15.0 Å². The summed E-state index contributed by atoms with van der Waals surface area (Å²) in [5, 5.41) is 3.51. The highest BCUT2D eigenvalue weighted by Gasteiger charge is 2.00. The first-order valence-electron chi connectivity index (χ1n) is 3.44. The molecule has 4 nitrogen and oxygen atoms in total. The molecule has 0 aliphatic rings. The molecule has 0 saturated carbocycles. The molecule has 0 aromatic carbocycles. The van der Waals surface area contributed by atoms with Gasteiger partial charge in [-0.2, -0.15) is 0 Å². The van der Waals surface area contributed by atoms with E-state index in [1.165, 1.54) is 0 Å². The minimum atomic E-state index is -0.179. The van der Waals surface area contributed by atoms with Crippen LogP contribution in [0.1, 0.15) is 18.7 Å². The fraction of sp³-hybridized carbons (Fsp3) is 0.286. The van der Waals surface area contributed by atoms with Crippen molar-refractivity contribution in [3.05, 3.63) is 40.5 Å². The molecule has 0 aliphatic carbocycles. The number of hydrogen-bond acceptors (Lipinski definition) is 2. The number of rotatable bonds is 2. The normalized spacial score (nSPS) is 10.4. The molecule has 0 N–H and O–H groups in total. The summed E-state index contributed by atoms with van der Waals surface area (Å²) in [6, 6.07) is 5.35. The molecule has 0 spiro atoms. The van der Waals surface area contributed by atoms with Crippen molar-refractivity contribution in [2.75, 3.05) is 0 Å².